The number of carbonyl (C=O) groups is 1. The first-order valence-corrected chi connectivity index (χ1v) is 10.7. The topological polar surface area (TPSA) is 75.7 Å². The first kappa shape index (κ1) is 22.2. The second kappa shape index (κ2) is 7.99. The number of nitrogens with zero attached hydrogens (tertiary/aromatic N) is 1. The fraction of sp³-hybridized carbons (Fsp3) is 0.462. The lowest BCUT2D eigenvalue weighted by Gasteiger charge is -2.19. The van der Waals surface area contributed by atoms with Crippen LogP contribution in [0.25, 0.3) is 0 Å². The number of benzene rings is 2. The first-order chi connectivity index (χ1) is 13.9. The van der Waals surface area contributed by atoms with Gasteiger partial charge in [0.05, 0.1) is 0 Å². The molecule has 0 spiro atoms. The number of hydrogen-bond acceptors (Lipinski definition) is 4. The normalized spacial score (nSPS) is 19.4. The minimum Gasteiger partial charge on any atom is -0.411 e. The molecule has 0 aromatic heterocycles. The summed E-state index contributed by atoms with van der Waals surface area (Å²) in [6.45, 7) is 13.2. The third-order valence-corrected chi connectivity index (χ3v) is 5.99. The molecule has 2 aliphatic rings. The van der Waals surface area contributed by atoms with Gasteiger partial charge in [0, 0.05) is 18.0 Å². The zero-order chi connectivity index (χ0) is 22.3. The van der Waals surface area contributed by atoms with E-state index < -0.39 is 0 Å². The SMILES string of the molecule is CC(C)(C)c1ccc2c(c1)CC(=NO)C2=O.CC(C)(C)c1ccc2c(c1)CC(N)C2. The molecule has 2 aromatic carbocycles. The minimum absolute atomic E-state index is 0.0667. The Labute approximate surface area is 180 Å². The van der Waals surface area contributed by atoms with E-state index in [9.17, 15) is 4.79 Å². The number of fused-ring (bicyclic) bond motifs is 2. The summed E-state index contributed by atoms with van der Waals surface area (Å²) in [6.07, 6.45) is 2.55. The van der Waals surface area contributed by atoms with E-state index in [1.165, 1.54) is 22.3 Å². The van der Waals surface area contributed by atoms with Crippen molar-refractivity contribution in [2.45, 2.75) is 77.7 Å². The number of Topliss-reactive ketones (excluding diaryl/α,β-unsaturated/α-hetero) is 1. The molecule has 3 N–H and O–H groups in total. The average molecular weight is 407 g/mol. The molecule has 0 heterocycles. The Morgan fingerprint density at radius 2 is 1.40 bits per heavy atom. The van der Waals surface area contributed by atoms with Gasteiger partial charge in [-0.15, -0.1) is 0 Å². The van der Waals surface area contributed by atoms with Crippen LogP contribution >= 0.6 is 0 Å². The predicted octanol–water partition coefficient (Wildman–Crippen LogP) is 4.96. The molecule has 2 aromatic rings. The number of ketones is 1. The Hall–Kier alpha value is -2.46. The molecule has 2 aliphatic carbocycles. The van der Waals surface area contributed by atoms with Gasteiger partial charge >= 0.3 is 0 Å². The Morgan fingerprint density at radius 3 is 1.97 bits per heavy atom. The van der Waals surface area contributed by atoms with E-state index in [-0.39, 0.29) is 22.3 Å². The molecule has 0 bridgehead atoms. The van der Waals surface area contributed by atoms with Crippen molar-refractivity contribution in [2.24, 2.45) is 10.9 Å². The average Bonchev–Trinajstić information content (AvgIpc) is 3.18. The van der Waals surface area contributed by atoms with Crippen LogP contribution in [-0.2, 0) is 30.1 Å². The Balaban J connectivity index is 0.000000172. The maximum absolute atomic E-state index is 11.7. The van der Waals surface area contributed by atoms with E-state index in [2.05, 4.69) is 64.9 Å². The molecule has 4 rings (SSSR count). The van der Waals surface area contributed by atoms with Crippen molar-refractivity contribution in [1.82, 2.24) is 0 Å². The van der Waals surface area contributed by atoms with Gasteiger partial charge in [0.25, 0.3) is 0 Å². The molecule has 160 valence electrons. The summed E-state index contributed by atoms with van der Waals surface area (Å²) < 4.78 is 0. The molecule has 0 saturated carbocycles. The molecule has 0 amide bonds. The standard InChI is InChI=1S/C13H15NO2.C13H19N/c1-13(2,3)9-4-5-10-8(6-9)7-11(14-16)12(10)15;1-13(2,3)11-5-4-9-7-12(14)8-10(9)6-11/h4-6,16H,7H2,1-3H3;4-6,12H,7-8,14H2,1-3H3. The Kier molecular flexibility index (Phi) is 5.92. The summed E-state index contributed by atoms with van der Waals surface area (Å²) >= 11 is 0. The van der Waals surface area contributed by atoms with Crippen LogP contribution in [-0.4, -0.2) is 22.7 Å². The lowest BCUT2D eigenvalue weighted by atomic mass is 9.85. The monoisotopic (exact) mass is 406 g/mol. The zero-order valence-electron chi connectivity index (χ0n) is 19.0. The van der Waals surface area contributed by atoms with Crippen LogP contribution in [0, 0.1) is 0 Å². The molecule has 0 radical (unpaired) electrons. The molecule has 0 fully saturated rings. The molecule has 0 saturated heterocycles. The maximum Gasteiger partial charge on any atom is 0.211 e. The third kappa shape index (κ3) is 4.65. The summed E-state index contributed by atoms with van der Waals surface area (Å²) in [4.78, 5) is 11.7. The van der Waals surface area contributed by atoms with E-state index in [0.717, 1.165) is 18.4 Å². The van der Waals surface area contributed by atoms with Crippen LogP contribution < -0.4 is 5.73 Å². The largest absolute Gasteiger partial charge is 0.411 e. The summed E-state index contributed by atoms with van der Waals surface area (Å²) in [6, 6.07) is 13.0. The van der Waals surface area contributed by atoms with Crippen LogP contribution in [0.3, 0.4) is 0 Å². The molecule has 0 aliphatic heterocycles. The lowest BCUT2D eigenvalue weighted by Crippen LogP contribution is -2.19. The van der Waals surface area contributed by atoms with Gasteiger partial charge in [0.2, 0.25) is 5.78 Å². The maximum atomic E-state index is 11.7. The van der Waals surface area contributed by atoms with Gasteiger partial charge in [0.1, 0.15) is 5.71 Å². The van der Waals surface area contributed by atoms with E-state index in [1.807, 2.05) is 18.2 Å². The summed E-state index contributed by atoms with van der Waals surface area (Å²) in [5, 5.41) is 11.7. The fourth-order valence-corrected chi connectivity index (χ4v) is 4.04. The number of hydrogen-bond donors (Lipinski definition) is 2. The van der Waals surface area contributed by atoms with Crippen molar-refractivity contribution in [1.29, 1.82) is 0 Å². The van der Waals surface area contributed by atoms with E-state index >= 15 is 0 Å². The lowest BCUT2D eigenvalue weighted by molar-refractivity contribution is 0.106. The first-order valence-electron chi connectivity index (χ1n) is 10.7. The van der Waals surface area contributed by atoms with Crippen LogP contribution in [0.1, 0.15) is 79.7 Å². The second-order valence-electron chi connectivity index (χ2n) is 10.6. The van der Waals surface area contributed by atoms with Crippen LogP contribution in [0.4, 0.5) is 0 Å². The Bertz CT molecular complexity index is 991. The van der Waals surface area contributed by atoms with Crippen molar-refractivity contribution in [3.05, 3.63) is 69.8 Å². The highest BCUT2D eigenvalue weighted by Crippen LogP contribution is 2.29. The van der Waals surface area contributed by atoms with E-state index in [0.29, 0.717) is 18.0 Å². The highest BCUT2D eigenvalue weighted by molar-refractivity contribution is 6.49. The second-order valence-corrected chi connectivity index (χ2v) is 10.6. The predicted molar refractivity (Wildman–Crippen MR) is 123 cm³/mol. The minimum atomic E-state index is -0.155. The fourth-order valence-electron chi connectivity index (χ4n) is 4.04. The van der Waals surface area contributed by atoms with Crippen LogP contribution in [0.2, 0.25) is 0 Å². The van der Waals surface area contributed by atoms with Gasteiger partial charge in [0.15, 0.2) is 0 Å². The van der Waals surface area contributed by atoms with E-state index in [1.54, 1.807) is 0 Å². The smallest absolute Gasteiger partial charge is 0.211 e. The Morgan fingerprint density at radius 1 is 0.867 bits per heavy atom. The van der Waals surface area contributed by atoms with Crippen LogP contribution in [0.15, 0.2) is 41.6 Å². The number of oxime groups is 1. The van der Waals surface area contributed by atoms with Crippen molar-refractivity contribution < 1.29 is 10.0 Å². The van der Waals surface area contributed by atoms with Crippen molar-refractivity contribution in [2.75, 3.05) is 0 Å². The van der Waals surface area contributed by atoms with E-state index in [4.69, 9.17) is 10.9 Å². The molecule has 4 nitrogen and oxygen atoms in total. The molecule has 1 atom stereocenters. The quantitative estimate of drug-likeness (QED) is 0.479. The van der Waals surface area contributed by atoms with Gasteiger partial charge in [-0.3, -0.25) is 4.79 Å². The van der Waals surface area contributed by atoms with Crippen molar-refractivity contribution in [3.63, 3.8) is 0 Å². The molecular formula is C26H34N2O2. The number of carbonyl (C=O) groups excluding carboxylic acids is 1. The molecular weight excluding hydrogens is 372 g/mol. The molecule has 1 unspecified atom stereocenters. The van der Waals surface area contributed by atoms with Crippen molar-refractivity contribution in [3.8, 4) is 0 Å². The van der Waals surface area contributed by atoms with Crippen molar-refractivity contribution >= 4 is 11.5 Å². The molecule has 4 heteroatoms. The van der Waals surface area contributed by atoms with Gasteiger partial charge in [-0.2, -0.15) is 0 Å². The molecule has 30 heavy (non-hydrogen) atoms. The van der Waals surface area contributed by atoms with Crippen LogP contribution in [0.5, 0.6) is 0 Å². The summed E-state index contributed by atoms with van der Waals surface area (Å²) in [5.41, 5.74) is 13.7. The third-order valence-electron chi connectivity index (χ3n) is 5.99. The summed E-state index contributed by atoms with van der Waals surface area (Å²) in [5.74, 6) is -0.155. The zero-order valence-corrected chi connectivity index (χ0v) is 19.0. The number of nitrogens with two attached hydrogens (primary N) is 1. The summed E-state index contributed by atoms with van der Waals surface area (Å²) in [7, 11) is 0. The number of rotatable bonds is 0. The highest BCUT2D eigenvalue weighted by Gasteiger charge is 2.28. The van der Waals surface area contributed by atoms with Gasteiger partial charge in [-0.25, -0.2) is 0 Å². The van der Waals surface area contributed by atoms with Gasteiger partial charge in [-0.1, -0.05) is 83.1 Å². The van der Waals surface area contributed by atoms with Gasteiger partial charge < -0.3 is 10.9 Å². The highest BCUT2D eigenvalue weighted by atomic mass is 16.4. The van der Waals surface area contributed by atoms with Gasteiger partial charge in [-0.05, 0) is 51.5 Å².